The first-order chi connectivity index (χ1) is 7.54. The molecule has 92 valence electrons. The molecule has 0 bridgehead atoms. The van der Waals surface area contributed by atoms with Gasteiger partial charge < -0.3 is 9.64 Å². The van der Waals surface area contributed by atoms with Gasteiger partial charge in [-0.15, -0.1) is 0 Å². The van der Waals surface area contributed by atoms with Gasteiger partial charge in [0.25, 0.3) is 0 Å². The largest absolute Gasteiger partial charge is 0.469 e. The summed E-state index contributed by atoms with van der Waals surface area (Å²) in [7, 11) is 4.89. The lowest BCUT2D eigenvalue weighted by Crippen LogP contribution is -2.44. The molecule has 0 radical (unpaired) electrons. The molecular weight excluding hydrogens is 208 g/mol. The zero-order valence-corrected chi connectivity index (χ0v) is 10.2. The lowest BCUT2D eigenvalue weighted by molar-refractivity contribution is -0.148. The van der Waals surface area contributed by atoms with Gasteiger partial charge in [0.15, 0.2) is 0 Å². The molecule has 1 fully saturated rings. The summed E-state index contributed by atoms with van der Waals surface area (Å²) in [6, 6.07) is 0. The molecule has 1 unspecified atom stereocenters. The number of hydrogen-bond donors (Lipinski definition) is 0. The quantitative estimate of drug-likeness (QED) is 0.636. The highest BCUT2D eigenvalue weighted by Crippen LogP contribution is 2.17. The van der Waals surface area contributed by atoms with Gasteiger partial charge in [0.05, 0.1) is 19.6 Å². The highest BCUT2D eigenvalue weighted by molar-refractivity contribution is 5.78. The van der Waals surface area contributed by atoms with E-state index >= 15 is 0 Å². The van der Waals surface area contributed by atoms with Crippen molar-refractivity contribution in [2.75, 3.05) is 40.8 Å². The molecular formula is C11H20N2O3. The van der Waals surface area contributed by atoms with Crippen LogP contribution in [0.3, 0.4) is 0 Å². The molecule has 5 nitrogen and oxygen atoms in total. The minimum Gasteiger partial charge on any atom is -0.469 e. The number of esters is 1. The Balaban J connectivity index is 2.44. The normalized spacial score (nSPS) is 21.6. The first kappa shape index (κ1) is 13.0. The fourth-order valence-corrected chi connectivity index (χ4v) is 1.89. The van der Waals surface area contributed by atoms with E-state index in [0.717, 1.165) is 19.4 Å². The molecule has 0 aromatic carbocycles. The van der Waals surface area contributed by atoms with Crippen LogP contribution >= 0.6 is 0 Å². The molecule has 1 heterocycles. The number of carbonyl (C=O) groups excluding carboxylic acids is 2. The number of piperidine rings is 1. The van der Waals surface area contributed by atoms with E-state index in [1.54, 1.807) is 19.0 Å². The van der Waals surface area contributed by atoms with E-state index in [9.17, 15) is 9.59 Å². The highest BCUT2D eigenvalue weighted by Gasteiger charge is 2.27. The molecule has 0 saturated carbocycles. The standard InChI is InChI=1S/C11H20N2O3/c1-12(2)10(14)8-13-6-4-5-9(7-13)11(15)16-3/h9H,4-8H2,1-3H3. The number of nitrogens with zero attached hydrogens (tertiary/aromatic N) is 2. The Bertz CT molecular complexity index is 266. The Morgan fingerprint density at radius 2 is 2.12 bits per heavy atom. The summed E-state index contributed by atoms with van der Waals surface area (Å²) in [5.41, 5.74) is 0. The Morgan fingerprint density at radius 1 is 1.44 bits per heavy atom. The molecule has 1 rings (SSSR count). The van der Waals surface area contributed by atoms with E-state index < -0.39 is 0 Å². The van der Waals surface area contributed by atoms with Crippen molar-refractivity contribution in [3.05, 3.63) is 0 Å². The van der Waals surface area contributed by atoms with Crippen molar-refractivity contribution < 1.29 is 14.3 Å². The topological polar surface area (TPSA) is 49.9 Å². The third kappa shape index (κ3) is 3.48. The average molecular weight is 228 g/mol. The van der Waals surface area contributed by atoms with E-state index in [4.69, 9.17) is 4.74 Å². The van der Waals surface area contributed by atoms with Crippen molar-refractivity contribution in [3.63, 3.8) is 0 Å². The summed E-state index contributed by atoms with van der Waals surface area (Å²) >= 11 is 0. The maximum absolute atomic E-state index is 11.5. The number of rotatable bonds is 3. The van der Waals surface area contributed by atoms with Crippen molar-refractivity contribution >= 4 is 11.9 Å². The number of likely N-dealkylation sites (N-methyl/N-ethyl adjacent to an activating group) is 1. The van der Waals surface area contributed by atoms with Crippen LogP contribution in [0.25, 0.3) is 0 Å². The van der Waals surface area contributed by atoms with Gasteiger partial charge in [-0.3, -0.25) is 14.5 Å². The van der Waals surface area contributed by atoms with E-state index in [1.165, 1.54) is 7.11 Å². The summed E-state index contributed by atoms with van der Waals surface area (Å²) in [5, 5.41) is 0. The van der Waals surface area contributed by atoms with Crippen LogP contribution in [0.15, 0.2) is 0 Å². The Kier molecular flexibility index (Phi) is 4.73. The number of likely N-dealkylation sites (tertiary alicyclic amines) is 1. The lowest BCUT2D eigenvalue weighted by Gasteiger charge is -2.31. The van der Waals surface area contributed by atoms with Gasteiger partial charge in [-0.1, -0.05) is 0 Å². The van der Waals surface area contributed by atoms with Gasteiger partial charge in [0.2, 0.25) is 5.91 Å². The van der Waals surface area contributed by atoms with E-state index in [0.29, 0.717) is 13.1 Å². The van der Waals surface area contributed by atoms with Crippen LogP contribution in [0, 0.1) is 5.92 Å². The summed E-state index contributed by atoms with van der Waals surface area (Å²) in [5.74, 6) is -0.166. The molecule has 0 aromatic rings. The lowest BCUT2D eigenvalue weighted by atomic mass is 9.98. The molecule has 1 saturated heterocycles. The fraction of sp³-hybridized carbons (Fsp3) is 0.818. The third-order valence-electron chi connectivity index (χ3n) is 2.90. The predicted octanol–water partition coefficient (Wildman–Crippen LogP) is -0.0404. The maximum Gasteiger partial charge on any atom is 0.309 e. The zero-order valence-electron chi connectivity index (χ0n) is 10.2. The van der Waals surface area contributed by atoms with Crippen LogP contribution in [0.5, 0.6) is 0 Å². The second-order valence-corrected chi connectivity index (χ2v) is 4.39. The summed E-state index contributed by atoms with van der Waals surface area (Å²) < 4.78 is 4.73. The first-order valence-electron chi connectivity index (χ1n) is 5.55. The number of methoxy groups -OCH3 is 1. The molecule has 5 heteroatoms. The highest BCUT2D eigenvalue weighted by atomic mass is 16.5. The van der Waals surface area contributed by atoms with Crippen LogP contribution in [0.1, 0.15) is 12.8 Å². The fourth-order valence-electron chi connectivity index (χ4n) is 1.89. The SMILES string of the molecule is COC(=O)C1CCCN(CC(=O)N(C)C)C1. The smallest absolute Gasteiger partial charge is 0.309 e. The molecule has 16 heavy (non-hydrogen) atoms. The summed E-state index contributed by atoms with van der Waals surface area (Å²) in [4.78, 5) is 26.5. The van der Waals surface area contributed by atoms with Gasteiger partial charge >= 0.3 is 5.97 Å². The molecule has 1 aliphatic rings. The van der Waals surface area contributed by atoms with E-state index in [1.807, 2.05) is 4.90 Å². The predicted molar refractivity (Wildman–Crippen MR) is 59.9 cm³/mol. The van der Waals surface area contributed by atoms with E-state index in [-0.39, 0.29) is 17.8 Å². The molecule has 1 amide bonds. The first-order valence-corrected chi connectivity index (χ1v) is 5.55. The number of carbonyl (C=O) groups is 2. The number of hydrogen-bond acceptors (Lipinski definition) is 4. The molecule has 0 aliphatic carbocycles. The minimum atomic E-state index is -0.165. The zero-order chi connectivity index (χ0) is 12.1. The molecule has 0 aromatic heterocycles. The van der Waals surface area contributed by atoms with Crippen LogP contribution in [-0.2, 0) is 14.3 Å². The van der Waals surface area contributed by atoms with Crippen LogP contribution in [0.4, 0.5) is 0 Å². The van der Waals surface area contributed by atoms with Crippen LogP contribution in [-0.4, -0.2) is 62.5 Å². The maximum atomic E-state index is 11.5. The Morgan fingerprint density at radius 3 is 2.69 bits per heavy atom. The van der Waals surface area contributed by atoms with E-state index in [2.05, 4.69) is 0 Å². The van der Waals surface area contributed by atoms with Gasteiger partial charge in [0, 0.05) is 20.6 Å². The van der Waals surface area contributed by atoms with Crippen LogP contribution < -0.4 is 0 Å². The van der Waals surface area contributed by atoms with Crippen molar-refractivity contribution in [3.8, 4) is 0 Å². The third-order valence-corrected chi connectivity index (χ3v) is 2.90. The Labute approximate surface area is 96.3 Å². The van der Waals surface area contributed by atoms with Crippen molar-refractivity contribution in [1.82, 2.24) is 9.80 Å². The second-order valence-electron chi connectivity index (χ2n) is 4.39. The van der Waals surface area contributed by atoms with Crippen molar-refractivity contribution in [1.29, 1.82) is 0 Å². The van der Waals surface area contributed by atoms with Crippen molar-refractivity contribution in [2.24, 2.45) is 5.92 Å². The average Bonchev–Trinajstić information content (AvgIpc) is 2.28. The summed E-state index contributed by atoms with van der Waals surface area (Å²) in [6.45, 7) is 1.90. The van der Waals surface area contributed by atoms with Crippen LogP contribution in [0.2, 0.25) is 0 Å². The van der Waals surface area contributed by atoms with Gasteiger partial charge in [-0.25, -0.2) is 0 Å². The van der Waals surface area contributed by atoms with Gasteiger partial charge in [-0.2, -0.15) is 0 Å². The number of ether oxygens (including phenoxy) is 1. The molecule has 0 spiro atoms. The molecule has 0 N–H and O–H groups in total. The second kappa shape index (κ2) is 5.84. The van der Waals surface area contributed by atoms with Gasteiger partial charge in [-0.05, 0) is 19.4 Å². The van der Waals surface area contributed by atoms with Crippen molar-refractivity contribution in [2.45, 2.75) is 12.8 Å². The minimum absolute atomic E-state index is 0.0746. The van der Waals surface area contributed by atoms with Gasteiger partial charge in [0.1, 0.15) is 0 Å². The summed E-state index contributed by atoms with van der Waals surface area (Å²) in [6.07, 6.45) is 1.81. The monoisotopic (exact) mass is 228 g/mol. The Hall–Kier alpha value is -1.10. The molecule has 1 aliphatic heterocycles. The molecule has 1 atom stereocenters. The number of amides is 1.